The number of methoxy groups -OCH3 is 1. The van der Waals surface area contributed by atoms with Crippen LogP contribution in [0.25, 0.3) is 11.0 Å². The summed E-state index contributed by atoms with van der Waals surface area (Å²) in [4.78, 5) is 9.61. The number of hydrogen-bond acceptors (Lipinski definition) is 6. The maximum atomic E-state index is 13.2. The number of thioether (sulfide) groups is 1. The minimum Gasteiger partial charge on any atom is -0.497 e. The minimum atomic E-state index is -3.63. The second kappa shape index (κ2) is 6.49. The quantitative estimate of drug-likeness (QED) is 0.654. The first-order valence-corrected chi connectivity index (χ1v) is 9.10. The third-order valence-corrected chi connectivity index (χ3v) is 5.04. The first kappa shape index (κ1) is 17.7. The van der Waals surface area contributed by atoms with Crippen LogP contribution in [0.2, 0.25) is 0 Å². The number of anilines is 1. The van der Waals surface area contributed by atoms with Gasteiger partial charge in [0.2, 0.25) is 0 Å². The molecule has 1 aliphatic rings. The van der Waals surface area contributed by atoms with E-state index in [1.165, 1.54) is 23.9 Å². The van der Waals surface area contributed by atoms with Gasteiger partial charge < -0.3 is 24.1 Å². The predicted octanol–water partition coefficient (Wildman–Crippen LogP) is 4.25. The number of benzene rings is 2. The summed E-state index contributed by atoms with van der Waals surface area (Å²) in [6.07, 6.45) is -3.63. The van der Waals surface area contributed by atoms with Gasteiger partial charge in [-0.05, 0) is 23.8 Å². The van der Waals surface area contributed by atoms with Crippen LogP contribution in [-0.4, -0.2) is 37.5 Å². The molecule has 2 aromatic carbocycles. The van der Waals surface area contributed by atoms with Crippen LogP contribution >= 0.6 is 11.8 Å². The van der Waals surface area contributed by atoms with Crippen molar-refractivity contribution >= 4 is 28.5 Å². The van der Waals surface area contributed by atoms with Gasteiger partial charge in [0, 0.05) is 37.7 Å². The molecule has 0 radical (unpaired) electrons. The predicted molar refractivity (Wildman–Crippen MR) is 99.2 cm³/mol. The molecule has 0 bridgehead atoms. The van der Waals surface area contributed by atoms with Crippen LogP contribution in [0.15, 0.2) is 35.5 Å². The summed E-state index contributed by atoms with van der Waals surface area (Å²) >= 11 is 1.51. The maximum Gasteiger partial charge on any atom is 0.586 e. The van der Waals surface area contributed by atoms with Gasteiger partial charge >= 0.3 is 6.29 Å². The molecule has 1 aromatic heterocycles. The second-order valence-electron chi connectivity index (χ2n) is 6.20. The number of aromatic amines is 1. The number of rotatable bonds is 5. The van der Waals surface area contributed by atoms with Crippen molar-refractivity contribution in [1.82, 2.24) is 9.97 Å². The number of hydrogen-bond donors (Lipinski definition) is 1. The Labute approximate surface area is 158 Å². The molecule has 6 nitrogen and oxygen atoms in total. The first-order chi connectivity index (χ1) is 12.8. The third kappa shape index (κ3) is 3.46. The highest BCUT2D eigenvalue weighted by molar-refractivity contribution is 7.98. The summed E-state index contributed by atoms with van der Waals surface area (Å²) in [6.45, 7) is 0. The number of nitrogens with zero attached hydrogens (tertiary/aromatic N) is 2. The van der Waals surface area contributed by atoms with Crippen molar-refractivity contribution in [2.75, 3.05) is 26.1 Å². The molecule has 0 spiro atoms. The molecule has 27 heavy (non-hydrogen) atoms. The number of alkyl halides is 2. The maximum absolute atomic E-state index is 13.2. The molecule has 0 fully saturated rings. The van der Waals surface area contributed by atoms with E-state index in [4.69, 9.17) is 4.74 Å². The fourth-order valence-electron chi connectivity index (χ4n) is 2.89. The molecular formula is C18H17F2N3O3S. The average molecular weight is 393 g/mol. The lowest BCUT2D eigenvalue weighted by molar-refractivity contribution is -0.286. The number of fused-ring (bicyclic) bond motifs is 2. The smallest absolute Gasteiger partial charge is 0.497 e. The van der Waals surface area contributed by atoms with Gasteiger partial charge in [0.1, 0.15) is 5.75 Å². The molecule has 1 N–H and O–H groups in total. The second-order valence-corrected chi connectivity index (χ2v) is 7.17. The van der Waals surface area contributed by atoms with Crippen molar-refractivity contribution in [3.8, 4) is 17.2 Å². The highest BCUT2D eigenvalue weighted by atomic mass is 32.2. The van der Waals surface area contributed by atoms with Crippen LogP contribution < -0.4 is 19.1 Å². The SMILES string of the molecule is COc1ccc(N(C)C)c(CSc2nc3cc4c(cc3[nH]2)OC(F)(F)O4)c1. The summed E-state index contributed by atoms with van der Waals surface area (Å²) in [5.74, 6) is 1.43. The monoisotopic (exact) mass is 393 g/mol. The molecule has 0 atom stereocenters. The molecule has 0 aliphatic carbocycles. The minimum absolute atomic E-state index is 0.00427. The average Bonchev–Trinajstić information content (AvgIpc) is 3.14. The Hall–Kier alpha value is -2.68. The number of halogens is 2. The van der Waals surface area contributed by atoms with Gasteiger partial charge in [0.15, 0.2) is 16.7 Å². The van der Waals surface area contributed by atoms with Crippen molar-refractivity contribution in [2.24, 2.45) is 0 Å². The summed E-state index contributed by atoms with van der Waals surface area (Å²) in [5.41, 5.74) is 3.33. The fraction of sp³-hybridized carbons (Fsp3) is 0.278. The topological polar surface area (TPSA) is 59.6 Å². The number of H-pyrrole nitrogens is 1. The van der Waals surface area contributed by atoms with Crippen LogP contribution in [0.4, 0.5) is 14.5 Å². The van der Waals surface area contributed by atoms with Gasteiger partial charge in [0.05, 0.1) is 18.1 Å². The Morgan fingerprint density at radius 1 is 1.19 bits per heavy atom. The van der Waals surface area contributed by atoms with Crippen molar-refractivity contribution < 1.29 is 23.0 Å². The summed E-state index contributed by atoms with van der Waals surface area (Å²) in [7, 11) is 5.59. The largest absolute Gasteiger partial charge is 0.586 e. The normalized spacial score (nSPS) is 14.6. The van der Waals surface area contributed by atoms with Crippen LogP contribution in [0.5, 0.6) is 17.2 Å². The molecule has 1 aliphatic heterocycles. The van der Waals surface area contributed by atoms with E-state index >= 15 is 0 Å². The molecule has 0 amide bonds. The lowest BCUT2D eigenvalue weighted by atomic mass is 10.2. The number of nitrogens with one attached hydrogen (secondary N) is 1. The van der Waals surface area contributed by atoms with E-state index in [-0.39, 0.29) is 11.5 Å². The van der Waals surface area contributed by atoms with Crippen molar-refractivity contribution in [1.29, 1.82) is 0 Å². The van der Waals surface area contributed by atoms with Crippen molar-refractivity contribution in [3.05, 3.63) is 35.9 Å². The van der Waals surface area contributed by atoms with Crippen LogP contribution in [0, 0.1) is 0 Å². The summed E-state index contributed by atoms with van der Waals surface area (Å²) in [5, 5.41) is 0.674. The van der Waals surface area contributed by atoms with E-state index in [0.717, 1.165) is 17.0 Å². The Morgan fingerprint density at radius 2 is 1.93 bits per heavy atom. The van der Waals surface area contributed by atoms with Gasteiger partial charge in [-0.15, -0.1) is 8.78 Å². The van der Waals surface area contributed by atoms with E-state index in [9.17, 15) is 8.78 Å². The van der Waals surface area contributed by atoms with Gasteiger partial charge in [0.25, 0.3) is 0 Å². The zero-order valence-electron chi connectivity index (χ0n) is 14.9. The number of aromatic nitrogens is 2. The van der Waals surface area contributed by atoms with E-state index < -0.39 is 6.29 Å². The molecule has 4 rings (SSSR count). The van der Waals surface area contributed by atoms with Gasteiger partial charge in [-0.3, -0.25) is 0 Å². The summed E-state index contributed by atoms with van der Waals surface area (Å²) < 4.78 is 40.6. The highest BCUT2D eigenvalue weighted by Crippen LogP contribution is 2.43. The Morgan fingerprint density at radius 3 is 2.63 bits per heavy atom. The van der Waals surface area contributed by atoms with Gasteiger partial charge in [-0.25, -0.2) is 4.98 Å². The van der Waals surface area contributed by atoms with Crippen LogP contribution in [-0.2, 0) is 5.75 Å². The molecule has 0 saturated carbocycles. The molecule has 0 unspecified atom stereocenters. The van der Waals surface area contributed by atoms with E-state index in [2.05, 4.69) is 19.4 Å². The Bertz CT molecular complexity index is 962. The molecule has 0 saturated heterocycles. The van der Waals surface area contributed by atoms with Crippen molar-refractivity contribution in [2.45, 2.75) is 17.2 Å². The standard InChI is InChI=1S/C18H17F2N3O3S/c1-23(2)14-5-4-11(24-3)6-10(14)9-27-17-21-12-7-15-16(8-13(12)22-17)26-18(19,20)25-15/h4-8H,9H2,1-3H3,(H,21,22). The molecule has 142 valence electrons. The van der Waals surface area contributed by atoms with Gasteiger partial charge in [-0.2, -0.15) is 0 Å². The highest BCUT2D eigenvalue weighted by Gasteiger charge is 2.43. The Balaban J connectivity index is 1.57. The third-order valence-electron chi connectivity index (χ3n) is 4.12. The van der Waals surface area contributed by atoms with Crippen LogP contribution in [0.1, 0.15) is 5.56 Å². The fourth-order valence-corrected chi connectivity index (χ4v) is 3.75. The molecule has 2 heterocycles. The Kier molecular flexibility index (Phi) is 4.26. The zero-order chi connectivity index (χ0) is 19.2. The molecule has 9 heteroatoms. The number of ether oxygens (including phenoxy) is 3. The van der Waals surface area contributed by atoms with E-state index in [0.29, 0.717) is 21.9 Å². The van der Waals surface area contributed by atoms with Gasteiger partial charge in [-0.1, -0.05) is 11.8 Å². The first-order valence-electron chi connectivity index (χ1n) is 8.11. The zero-order valence-corrected chi connectivity index (χ0v) is 15.7. The van der Waals surface area contributed by atoms with Crippen molar-refractivity contribution in [3.63, 3.8) is 0 Å². The lowest BCUT2D eigenvalue weighted by Gasteiger charge is -2.18. The summed E-state index contributed by atoms with van der Waals surface area (Å²) in [6, 6.07) is 8.83. The molecular weight excluding hydrogens is 376 g/mol. The lowest BCUT2D eigenvalue weighted by Crippen LogP contribution is -2.25. The van der Waals surface area contributed by atoms with Crippen LogP contribution in [0.3, 0.4) is 0 Å². The number of imidazole rings is 1. The van der Waals surface area contributed by atoms with E-state index in [1.54, 1.807) is 7.11 Å². The van der Waals surface area contributed by atoms with E-state index in [1.807, 2.05) is 37.2 Å². The molecule has 3 aromatic rings.